The molecule has 2 aliphatic carbocycles. The Labute approximate surface area is 307 Å². The molecule has 0 aromatic heterocycles. The van der Waals surface area contributed by atoms with Gasteiger partial charge in [-0.2, -0.15) is 5.01 Å². The molecule has 4 aromatic rings. The molecule has 9 nitrogen and oxygen atoms in total. The third-order valence-electron chi connectivity index (χ3n) is 11.1. The van der Waals surface area contributed by atoms with E-state index < -0.39 is 46.8 Å². The summed E-state index contributed by atoms with van der Waals surface area (Å²) in [6, 6.07) is 26.9. The summed E-state index contributed by atoms with van der Waals surface area (Å²) in [5.41, 5.74) is 5.62. The summed E-state index contributed by atoms with van der Waals surface area (Å²) < 4.78 is 6.35. The Morgan fingerprint density at radius 3 is 2.29 bits per heavy atom. The number of carbonyl (C=O) groups excluding carboxylic acids is 4. The third-order valence-corrected chi connectivity index (χ3v) is 11.9. The average molecular weight is 767 g/mol. The molecule has 0 radical (unpaired) electrons. The second-order valence-electron chi connectivity index (χ2n) is 13.6. The summed E-state index contributed by atoms with van der Waals surface area (Å²) >= 11 is 10.1. The molecule has 2 saturated heterocycles. The van der Waals surface area contributed by atoms with Gasteiger partial charge in [0.25, 0.3) is 11.8 Å². The third kappa shape index (κ3) is 4.94. The Kier molecular flexibility index (Phi) is 8.07. The molecule has 8 rings (SSSR count). The lowest BCUT2D eigenvalue weighted by Gasteiger charge is -2.50. The first-order valence-electron chi connectivity index (χ1n) is 16.7. The fourth-order valence-corrected chi connectivity index (χ4v) is 9.37. The van der Waals surface area contributed by atoms with Gasteiger partial charge in [0.2, 0.25) is 11.8 Å². The smallest absolute Gasteiger partial charge is 0.260 e. The Morgan fingerprint density at radius 2 is 1.61 bits per heavy atom. The number of benzene rings is 4. The maximum atomic E-state index is 15.3. The molecule has 258 valence electrons. The Morgan fingerprint density at radius 1 is 0.902 bits per heavy atom. The molecule has 0 bridgehead atoms. The van der Waals surface area contributed by atoms with Crippen LogP contribution in [0.5, 0.6) is 11.5 Å². The number of ether oxygens (including phenoxy) is 1. The van der Waals surface area contributed by atoms with Crippen molar-refractivity contribution < 1.29 is 29.0 Å². The van der Waals surface area contributed by atoms with Crippen molar-refractivity contribution in [2.75, 3.05) is 17.4 Å². The van der Waals surface area contributed by atoms with Crippen molar-refractivity contribution in [3.05, 3.63) is 129 Å². The lowest BCUT2D eigenvalue weighted by atomic mass is 9.49. The van der Waals surface area contributed by atoms with E-state index in [9.17, 15) is 19.5 Å². The van der Waals surface area contributed by atoms with Crippen molar-refractivity contribution in [1.82, 2.24) is 5.01 Å². The number of hydrazine groups is 1. The van der Waals surface area contributed by atoms with Gasteiger partial charge < -0.3 is 9.84 Å². The van der Waals surface area contributed by atoms with Gasteiger partial charge in [-0.05, 0) is 85.3 Å². The number of phenols is 1. The van der Waals surface area contributed by atoms with Crippen molar-refractivity contribution in [3.8, 4) is 11.5 Å². The number of methoxy groups -OCH3 is 1. The molecule has 1 saturated carbocycles. The number of anilines is 2. The van der Waals surface area contributed by atoms with Gasteiger partial charge in [-0.15, -0.1) is 0 Å². The number of aromatic hydroxyl groups is 1. The lowest BCUT2D eigenvalue weighted by molar-refractivity contribution is -0.138. The number of carbonyl (C=O) groups is 4. The van der Waals surface area contributed by atoms with E-state index in [-0.39, 0.29) is 41.2 Å². The number of imide groups is 2. The molecule has 2 heterocycles. The molecule has 4 amide bonds. The van der Waals surface area contributed by atoms with E-state index in [1.54, 1.807) is 36.4 Å². The minimum Gasteiger partial charge on any atom is -0.503 e. The summed E-state index contributed by atoms with van der Waals surface area (Å²) in [7, 11) is 1.41. The molecule has 6 atom stereocenters. The Bertz CT molecular complexity index is 2140. The predicted octanol–water partition coefficient (Wildman–Crippen LogP) is 7.31. The van der Waals surface area contributed by atoms with Gasteiger partial charge in [0, 0.05) is 10.4 Å². The van der Waals surface area contributed by atoms with Gasteiger partial charge in [0.15, 0.2) is 11.5 Å². The highest BCUT2D eigenvalue weighted by molar-refractivity contribution is 9.10. The van der Waals surface area contributed by atoms with Crippen LogP contribution in [0.15, 0.2) is 107 Å². The average Bonchev–Trinajstić information content (AvgIpc) is 3.51. The predicted molar refractivity (Wildman–Crippen MR) is 195 cm³/mol. The minimum atomic E-state index is -1.48. The molecule has 6 unspecified atom stereocenters. The maximum Gasteiger partial charge on any atom is 0.260 e. The first-order chi connectivity index (χ1) is 24.6. The van der Waals surface area contributed by atoms with E-state index in [0.29, 0.717) is 22.5 Å². The zero-order chi connectivity index (χ0) is 35.8. The van der Waals surface area contributed by atoms with Crippen LogP contribution in [0.3, 0.4) is 0 Å². The van der Waals surface area contributed by atoms with Gasteiger partial charge in [-0.1, -0.05) is 87.2 Å². The first kappa shape index (κ1) is 33.2. The highest BCUT2D eigenvalue weighted by Gasteiger charge is 2.70. The second kappa shape index (κ2) is 12.4. The van der Waals surface area contributed by atoms with Crippen molar-refractivity contribution in [2.24, 2.45) is 23.7 Å². The van der Waals surface area contributed by atoms with Crippen molar-refractivity contribution >= 4 is 62.5 Å². The molecule has 2 aliphatic heterocycles. The molecular weight excluding hydrogens is 734 g/mol. The summed E-state index contributed by atoms with van der Waals surface area (Å²) in [5.74, 6) is -5.35. The van der Waals surface area contributed by atoms with Crippen molar-refractivity contribution in [3.63, 3.8) is 0 Å². The summed E-state index contributed by atoms with van der Waals surface area (Å²) in [6.45, 7) is 1.95. The minimum absolute atomic E-state index is 0.0143. The van der Waals surface area contributed by atoms with Crippen LogP contribution in [-0.4, -0.2) is 40.9 Å². The fraction of sp³-hybridized carbons (Fsp3) is 0.250. The lowest BCUT2D eigenvalue weighted by Crippen LogP contribution is -2.53. The number of halogens is 2. The number of hydrogen-bond acceptors (Lipinski definition) is 7. The van der Waals surface area contributed by atoms with E-state index in [1.165, 1.54) is 12.0 Å². The van der Waals surface area contributed by atoms with Crippen molar-refractivity contribution in [2.45, 2.75) is 31.1 Å². The van der Waals surface area contributed by atoms with Gasteiger partial charge in [0.05, 0.1) is 46.7 Å². The number of phenolic OH excluding ortho intramolecular Hbond substituents is 1. The van der Waals surface area contributed by atoms with Crippen LogP contribution in [0.4, 0.5) is 11.4 Å². The topological polar surface area (TPSA) is 116 Å². The van der Waals surface area contributed by atoms with Crippen LogP contribution in [0, 0.1) is 30.6 Å². The normalized spacial score (nSPS) is 26.8. The van der Waals surface area contributed by atoms with Crippen LogP contribution < -0.4 is 15.1 Å². The number of aryl methyl sites for hydroxylation is 1. The van der Waals surface area contributed by atoms with E-state index in [1.807, 2.05) is 67.6 Å². The molecule has 51 heavy (non-hydrogen) atoms. The highest BCUT2D eigenvalue weighted by atomic mass is 79.9. The number of fused-ring (bicyclic) bond motifs is 4. The molecular formula is C40H33BrClN3O6. The molecule has 4 aromatic carbocycles. The number of amides is 4. The molecule has 4 aliphatic rings. The van der Waals surface area contributed by atoms with E-state index in [4.69, 9.17) is 16.3 Å². The molecule has 11 heteroatoms. The number of allylic oxidation sites excluding steroid dienone is 2. The standard InChI is InChI=1S/C40H33BrClN3O6/c1-21-8-12-25(13-9-21)43-45-37(48)30-20-29-27(16-17-28-33(29)38(49)44(36(28)47)26-14-10-24(41)11-15-26)34(22-18-31(42)35(46)32(19-22)51-2)40(30,39(45)50)23-6-4-3-5-7-23/h3-16,18-19,28-30,33-34,43,46H,17,20H2,1-2H3. The van der Waals surface area contributed by atoms with Crippen LogP contribution in [-0.2, 0) is 24.6 Å². The molecule has 2 N–H and O–H groups in total. The van der Waals surface area contributed by atoms with Crippen LogP contribution in [0.1, 0.15) is 35.4 Å². The zero-order valence-corrected chi connectivity index (χ0v) is 30.0. The Hall–Kier alpha value is -4.93. The van der Waals surface area contributed by atoms with Gasteiger partial charge in [0.1, 0.15) is 0 Å². The quantitative estimate of drug-likeness (QED) is 0.156. The van der Waals surface area contributed by atoms with Gasteiger partial charge >= 0.3 is 0 Å². The summed E-state index contributed by atoms with van der Waals surface area (Å²) in [4.78, 5) is 59.8. The van der Waals surface area contributed by atoms with Crippen molar-refractivity contribution in [1.29, 1.82) is 0 Å². The van der Waals surface area contributed by atoms with E-state index in [0.717, 1.165) is 20.6 Å². The number of nitrogens with one attached hydrogen (secondary N) is 1. The monoisotopic (exact) mass is 765 g/mol. The van der Waals surface area contributed by atoms with E-state index in [2.05, 4.69) is 21.4 Å². The maximum absolute atomic E-state index is 15.3. The SMILES string of the molecule is COc1cc(C2C3=CCC4C(=O)N(c5ccc(Br)cc5)C(=O)C4C3CC3C(=O)N(Nc4ccc(C)cc4)C(=O)C32c2ccccc2)cc(Cl)c1O. The van der Waals surface area contributed by atoms with E-state index >= 15 is 4.79 Å². The number of hydrogen-bond donors (Lipinski definition) is 2. The zero-order valence-electron chi connectivity index (χ0n) is 27.7. The van der Waals surface area contributed by atoms with Gasteiger partial charge in [-0.3, -0.25) is 29.5 Å². The summed E-state index contributed by atoms with van der Waals surface area (Å²) in [5, 5.41) is 11.9. The van der Waals surface area contributed by atoms with Gasteiger partial charge in [-0.25, -0.2) is 0 Å². The Balaban J connectivity index is 1.34. The largest absolute Gasteiger partial charge is 0.503 e. The fourth-order valence-electron chi connectivity index (χ4n) is 8.88. The summed E-state index contributed by atoms with van der Waals surface area (Å²) in [6.07, 6.45) is 2.41. The second-order valence-corrected chi connectivity index (χ2v) is 15.0. The number of nitrogens with zero attached hydrogens (tertiary/aromatic N) is 2. The van der Waals surface area contributed by atoms with Crippen LogP contribution >= 0.6 is 27.5 Å². The first-order valence-corrected chi connectivity index (χ1v) is 17.9. The van der Waals surface area contributed by atoms with Crippen LogP contribution in [0.2, 0.25) is 5.02 Å². The highest BCUT2D eigenvalue weighted by Crippen LogP contribution is 2.64. The molecule has 0 spiro atoms. The van der Waals surface area contributed by atoms with Crippen LogP contribution in [0.25, 0.3) is 0 Å². The molecule has 3 fully saturated rings. The number of rotatable bonds is 6.